The molecule has 1 saturated heterocycles. The number of aliphatic hydroxyl groups is 1. The highest BCUT2D eigenvalue weighted by atomic mass is 127. The largest absolute Gasteiger partial charge is 0.377 e. The second kappa shape index (κ2) is 3.85. The predicted molar refractivity (Wildman–Crippen MR) is 49.1 cm³/mol. The summed E-state index contributed by atoms with van der Waals surface area (Å²) >= 11 is 2.32. The normalized spacial score (nSPS) is 32.1. The molecule has 1 aliphatic rings. The summed E-state index contributed by atoms with van der Waals surface area (Å²) in [5.41, 5.74) is 0. The number of halogens is 1. The van der Waals surface area contributed by atoms with Gasteiger partial charge in [-0.25, -0.2) is 0 Å². The minimum absolute atomic E-state index is 0.291. The van der Waals surface area contributed by atoms with Gasteiger partial charge in [-0.15, -0.1) is 0 Å². The quantitative estimate of drug-likeness (QED) is 0.393. The molecule has 1 aliphatic heterocycles. The van der Waals surface area contributed by atoms with Gasteiger partial charge in [0.1, 0.15) is 6.23 Å². The van der Waals surface area contributed by atoms with Crippen LogP contribution in [0.3, 0.4) is 0 Å². The molecule has 0 aromatic rings. The maximum absolute atomic E-state index is 9.40. The van der Waals surface area contributed by atoms with Crippen LogP contribution in [-0.2, 0) is 0 Å². The zero-order valence-electron chi connectivity index (χ0n) is 6.05. The minimum Gasteiger partial charge on any atom is -0.377 e. The van der Waals surface area contributed by atoms with Crippen molar-refractivity contribution in [2.45, 2.75) is 17.2 Å². The van der Waals surface area contributed by atoms with Gasteiger partial charge in [0.25, 0.3) is 0 Å². The molecule has 0 bridgehead atoms. The molecule has 2 N–H and O–H groups in total. The van der Waals surface area contributed by atoms with Crippen LogP contribution in [-0.4, -0.2) is 39.9 Å². The Hall–Kier alpha value is 0.610. The number of nitrogens with one attached hydrogen (secondary N) is 1. The molecule has 4 heteroatoms. The summed E-state index contributed by atoms with van der Waals surface area (Å²) in [5.74, 6) is 0. The van der Waals surface area contributed by atoms with Crippen molar-refractivity contribution in [3.63, 3.8) is 0 Å². The van der Waals surface area contributed by atoms with Crippen molar-refractivity contribution in [2.75, 3.05) is 19.6 Å². The molecule has 0 aromatic heterocycles. The summed E-state index contributed by atoms with van der Waals surface area (Å²) in [4.78, 5) is 2.08. The van der Waals surface area contributed by atoms with E-state index < -0.39 is 0 Å². The van der Waals surface area contributed by atoms with Gasteiger partial charge in [0.05, 0.1) is 4.05 Å². The van der Waals surface area contributed by atoms with E-state index in [9.17, 15) is 5.11 Å². The summed E-state index contributed by atoms with van der Waals surface area (Å²) in [6, 6.07) is 0. The van der Waals surface area contributed by atoms with Gasteiger partial charge < -0.3 is 10.4 Å². The molecule has 2 unspecified atom stereocenters. The molecule has 60 valence electrons. The van der Waals surface area contributed by atoms with Crippen molar-refractivity contribution >= 4 is 22.6 Å². The summed E-state index contributed by atoms with van der Waals surface area (Å²) in [6.45, 7) is 4.73. The first-order valence-corrected chi connectivity index (χ1v) is 4.75. The first kappa shape index (κ1) is 8.70. The molecule has 0 saturated carbocycles. The molecule has 1 rings (SSSR count). The van der Waals surface area contributed by atoms with Crippen LogP contribution in [0.2, 0.25) is 0 Å². The molecule has 2 atom stereocenters. The smallest absolute Gasteiger partial charge is 0.120 e. The van der Waals surface area contributed by atoms with E-state index in [1.807, 2.05) is 0 Å². The van der Waals surface area contributed by atoms with E-state index >= 15 is 0 Å². The number of β-amino-alcohol motifs (C(OH)–C–C–N with tert-alkyl or cyclic N) is 1. The molecule has 1 fully saturated rings. The highest BCUT2D eigenvalue weighted by molar-refractivity contribution is 14.1. The average molecular weight is 256 g/mol. The van der Waals surface area contributed by atoms with Crippen LogP contribution in [0.4, 0.5) is 0 Å². The Bertz CT molecular complexity index is 110. The fourth-order valence-corrected chi connectivity index (χ4v) is 1.77. The molecule has 0 radical (unpaired) electrons. The first-order valence-electron chi connectivity index (χ1n) is 3.50. The third-order valence-corrected chi connectivity index (χ3v) is 2.43. The fraction of sp³-hybridized carbons (Fsp3) is 1.00. The molecule has 0 amide bonds. The number of rotatable bonds is 1. The number of piperazine rings is 1. The Balaban J connectivity index is 2.40. The van der Waals surface area contributed by atoms with Gasteiger partial charge in [0.15, 0.2) is 0 Å². The second-order valence-corrected chi connectivity index (χ2v) is 4.30. The molecule has 10 heavy (non-hydrogen) atoms. The number of alkyl halides is 1. The highest BCUT2D eigenvalue weighted by Gasteiger charge is 2.21. The first-order chi connectivity index (χ1) is 4.72. The van der Waals surface area contributed by atoms with Crippen molar-refractivity contribution in [2.24, 2.45) is 0 Å². The van der Waals surface area contributed by atoms with Crippen LogP contribution >= 0.6 is 22.6 Å². The average Bonchev–Trinajstić information content (AvgIpc) is 1.88. The Morgan fingerprint density at radius 2 is 2.50 bits per heavy atom. The lowest BCUT2D eigenvalue weighted by Gasteiger charge is -2.34. The van der Waals surface area contributed by atoms with Crippen LogP contribution in [0.15, 0.2) is 0 Å². The van der Waals surface area contributed by atoms with Gasteiger partial charge in [-0.3, -0.25) is 4.90 Å². The standard InChI is InChI=1S/C6H13IN2O/c1-5(7)9-3-2-8-4-6(9)10/h5-6,8,10H,2-4H2,1H3. The lowest BCUT2D eigenvalue weighted by molar-refractivity contribution is -0.0131. The molecular weight excluding hydrogens is 243 g/mol. The van der Waals surface area contributed by atoms with E-state index in [1.165, 1.54) is 0 Å². The molecule has 0 aliphatic carbocycles. The zero-order valence-corrected chi connectivity index (χ0v) is 8.21. The highest BCUT2D eigenvalue weighted by Crippen LogP contribution is 2.11. The maximum Gasteiger partial charge on any atom is 0.120 e. The van der Waals surface area contributed by atoms with Crippen LogP contribution in [0, 0.1) is 0 Å². The fourth-order valence-electron chi connectivity index (χ4n) is 1.12. The van der Waals surface area contributed by atoms with Gasteiger partial charge in [0, 0.05) is 19.6 Å². The van der Waals surface area contributed by atoms with Crippen LogP contribution in [0.1, 0.15) is 6.92 Å². The van der Waals surface area contributed by atoms with Crippen molar-refractivity contribution in [1.29, 1.82) is 0 Å². The molecule has 1 heterocycles. The number of nitrogens with zero attached hydrogens (tertiary/aromatic N) is 1. The van der Waals surface area contributed by atoms with Crippen molar-refractivity contribution in [3.8, 4) is 0 Å². The maximum atomic E-state index is 9.40. The van der Waals surface area contributed by atoms with Gasteiger partial charge in [-0.2, -0.15) is 0 Å². The molecule has 0 spiro atoms. The number of hydrogen-bond acceptors (Lipinski definition) is 3. The Kier molecular flexibility index (Phi) is 3.35. The van der Waals surface area contributed by atoms with E-state index in [0.717, 1.165) is 13.1 Å². The Morgan fingerprint density at radius 3 is 2.90 bits per heavy atom. The van der Waals surface area contributed by atoms with E-state index in [2.05, 4.69) is 39.7 Å². The lowest BCUT2D eigenvalue weighted by atomic mass is 10.3. The summed E-state index contributed by atoms with van der Waals surface area (Å²) < 4.78 is 0.426. The van der Waals surface area contributed by atoms with E-state index in [-0.39, 0.29) is 6.23 Å². The lowest BCUT2D eigenvalue weighted by Crippen LogP contribution is -2.52. The summed E-state index contributed by atoms with van der Waals surface area (Å²) in [7, 11) is 0. The predicted octanol–water partition coefficient (Wildman–Crippen LogP) is -0.00900. The van der Waals surface area contributed by atoms with Gasteiger partial charge in [-0.1, -0.05) is 22.6 Å². The molecular formula is C6H13IN2O. The van der Waals surface area contributed by atoms with Gasteiger partial charge in [0.2, 0.25) is 0 Å². The second-order valence-electron chi connectivity index (χ2n) is 2.50. The van der Waals surface area contributed by atoms with E-state index in [4.69, 9.17) is 0 Å². The monoisotopic (exact) mass is 256 g/mol. The van der Waals surface area contributed by atoms with Crippen LogP contribution in [0.25, 0.3) is 0 Å². The summed E-state index contributed by atoms with van der Waals surface area (Å²) in [5, 5.41) is 12.5. The SMILES string of the molecule is CC(I)N1CCNCC1O. The zero-order chi connectivity index (χ0) is 7.56. The third kappa shape index (κ3) is 2.05. The van der Waals surface area contributed by atoms with Gasteiger partial charge in [-0.05, 0) is 6.92 Å². The Labute approximate surface area is 74.9 Å². The third-order valence-electron chi connectivity index (χ3n) is 1.71. The van der Waals surface area contributed by atoms with Crippen molar-refractivity contribution in [1.82, 2.24) is 10.2 Å². The molecule has 0 aromatic carbocycles. The van der Waals surface area contributed by atoms with Crippen molar-refractivity contribution < 1.29 is 5.11 Å². The van der Waals surface area contributed by atoms with E-state index in [1.54, 1.807) is 0 Å². The Morgan fingerprint density at radius 1 is 1.80 bits per heavy atom. The van der Waals surface area contributed by atoms with Crippen LogP contribution in [0.5, 0.6) is 0 Å². The van der Waals surface area contributed by atoms with Crippen LogP contribution < -0.4 is 5.32 Å². The number of aliphatic hydroxyl groups excluding tert-OH is 1. The topological polar surface area (TPSA) is 35.5 Å². The van der Waals surface area contributed by atoms with Gasteiger partial charge >= 0.3 is 0 Å². The van der Waals surface area contributed by atoms with E-state index in [0.29, 0.717) is 10.6 Å². The van der Waals surface area contributed by atoms with Crippen molar-refractivity contribution in [3.05, 3.63) is 0 Å². The number of hydrogen-bond donors (Lipinski definition) is 2. The minimum atomic E-state index is -0.291. The summed E-state index contributed by atoms with van der Waals surface area (Å²) in [6.07, 6.45) is -0.291. The molecule has 3 nitrogen and oxygen atoms in total.